The monoisotopic (exact) mass is 446 g/mol. The van der Waals surface area contributed by atoms with Crippen molar-refractivity contribution in [2.45, 2.75) is 32.4 Å². The first kappa shape index (κ1) is 20.8. The van der Waals surface area contributed by atoms with E-state index in [2.05, 4.69) is 40.4 Å². The number of hydrogen-bond acceptors (Lipinski definition) is 5. The molecule has 3 aliphatic rings. The number of amides is 1. The first-order valence-corrected chi connectivity index (χ1v) is 11.9. The fourth-order valence-corrected chi connectivity index (χ4v) is 5.44. The molecule has 5 heterocycles. The molecule has 2 aromatic heterocycles. The average molecular weight is 447 g/mol. The van der Waals surface area contributed by atoms with Gasteiger partial charge in [0.15, 0.2) is 0 Å². The van der Waals surface area contributed by atoms with Gasteiger partial charge in [0.25, 0.3) is 0 Å². The molecule has 2 atom stereocenters. The lowest BCUT2D eigenvalue weighted by molar-refractivity contribution is -0.136. The third-order valence-corrected chi connectivity index (χ3v) is 7.33. The standard InChI is InChI=1S/C26H30N4O3/c1-16-11-28-25-22(16)10-19(12-29-25)18-8-20-13-30(26(31)17-3-6-32-14-17)5-2-21(20)23(9-18)24-15-33-7-4-27-24/h8-12,17,24,27H,2-7,13-15H2,1H3,(H,28,29)/t17-,24-/m0/s1. The molecule has 3 aliphatic heterocycles. The summed E-state index contributed by atoms with van der Waals surface area (Å²) in [6.45, 7) is 7.03. The van der Waals surface area contributed by atoms with Crippen LogP contribution in [0.1, 0.15) is 34.7 Å². The van der Waals surface area contributed by atoms with Gasteiger partial charge in [-0.25, -0.2) is 4.98 Å². The Hall–Kier alpha value is -2.74. The van der Waals surface area contributed by atoms with Gasteiger partial charge in [-0.05, 0) is 65.8 Å². The second-order valence-electron chi connectivity index (χ2n) is 9.45. The molecule has 3 aromatic rings. The fourth-order valence-electron chi connectivity index (χ4n) is 5.44. The summed E-state index contributed by atoms with van der Waals surface area (Å²) in [5.74, 6) is 0.237. The molecule has 172 valence electrons. The molecule has 0 aliphatic carbocycles. The number of nitrogens with one attached hydrogen (secondary N) is 2. The smallest absolute Gasteiger partial charge is 0.228 e. The number of fused-ring (bicyclic) bond motifs is 2. The zero-order valence-electron chi connectivity index (χ0n) is 19.0. The van der Waals surface area contributed by atoms with E-state index in [4.69, 9.17) is 9.47 Å². The minimum Gasteiger partial charge on any atom is -0.381 e. The van der Waals surface area contributed by atoms with Gasteiger partial charge in [0.1, 0.15) is 5.65 Å². The molecule has 1 amide bonds. The lowest BCUT2D eigenvalue weighted by atomic mass is 9.86. The molecule has 33 heavy (non-hydrogen) atoms. The summed E-state index contributed by atoms with van der Waals surface area (Å²) in [5, 5.41) is 4.78. The van der Waals surface area contributed by atoms with Crippen LogP contribution in [0.4, 0.5) is 0 Å². The number of benzene rings is 1. The molecule has 0 spiro atoms. The normalized spacial score (nSPS) is 23.1. The van der Waals surface area contributed by atoms with Crippen molar-refractivity contribution < 1.29 is 14.3 Å². The Morgan fingerprint density at radius 2 is 2.06 bits per heavy atom. The van der Waals surface area contributed by atoms with Gasteiger partial charge in [0.05, 0.1) is 31.8 Å². The Morgan fingerprint density at radius 3 is 2.88 bits per heavy atom. The van der Waals surface area contributed by atoms with Crippen LogP contribution in [-0.2, 0) is 27.2 Å². The molecule has 7 heteroatoms. The first-order chi connectivity index (χ1) is 16.2. The van der Waals surface area contributed by atoms with Gasteiger partial charge in [0.2, 0.25) is 5.91 Å². The molecule has 2 fully saturated rings. The summed E-state index contributed by atoms with van der Waals surface area (Å²) in [7, 11) is 0. The van der Waals surface area contributed by atoms with Crippen LogP contribution < -0.4 is 5.32 Å². The highest BCUT2D eigenvalue weighted by Gasteiger charge is 2.32. The number of aryl methyl sites for hydroxylation is 1. The van der Waals surface area contributed by atoms with E-state index in [-0.39, 0.29) is 17.9 Å². The van der Waals surface area contributed by atoms with E-state index in [0.29, 0.717) is 26.4 Å². The van der Waals surface area contributed by atoms with Crippen molar-refractivity contribution in [1.82, 2.24) is 20.2 Å². The lowest BCUT2D eigenvalue weighted by Crippen LogP contribution is -2.41. The summed E-state index contributed by atoms with van der Waals surface area (Å²) >= 11 is 0. The third-order valence-electron chi connectivity index (χ3n) is 7.33. The summed E-state index contributed by atoms with van der Waals surface area (Å²) in [5.41, 5.74) is 8.23. The number of hydrogen-bond donors (Lipinski definition) is 2. The summed E-state index contributed by atoms with van der Waals surface area (Å²) in [4.78, 5) is 23.0. The fraction of sp³-hybridized carbons (Fsp3) is 0.462. The number of ether oxygens (including phenoxy) is 2. The predicted molar refractivity (Wildman–Crippen MR) is 126 cm³/mol. The maximum absolute atomic E-state index is 13.1. The van der Waals surface area contributed by atoms with Gasteiger partial charge in [-0.3, -0.25) is 4.79 Å². The largest absolute Gasteiger partial charge is 0.381 e. The van der Waals surface area contributed by atoms with Crippen LogP contribution in [0.3, 0.4) is 0 Å². The van der Waals surface area contributed by atoms with Crippen molar-refractivity contribution in [2.24, 2.45) is 5.92 Å². The highest BCUT2D eigenvalue weighted by atomic mass is 16.5. The van der Waals surface area contributed by atoms with Gasteiger partial charge in [-0.1, -0.05) is 0 Å². The zero-order chi connectivity index (χ0) is 22.4. The maximum Gasteiger partial charge on any atom is 0.228 e. The number of carbonyl (C=O) groups excluding carboxylic acids is 1. The molecule has 2 saturated heterocycles. The van der Waals surface area contributed by atoms with Crippen molar-refractivity contribution in [3.8, 4) is 11.1 Å². The number of H-pyrrole nitrogens is 1. The SMILES string of the molecule is Cc1c[nH]c2ncc(-c3cc4c(c([C@@H]5COCCN5)c3)CCN(C(=O)[C@H]3CCOC3)C4)cc12. The molecular weight excluding hydrogens is 416 g/mol. The predicted octanol–water partition coefficient (Wildman–Crippen LogP) is 3.12. The molecule has 1 aromatic carbocycles. The second-order valence-corrected chi connectivity index (χ2v) is 9.45. The Kier molecular flexibility index (Phi) is 5.40. The van der Waals surface area contributed by atoms with Crippen LogP contribution in [-0.4, -0.2) is 60.3 Å². The number of morpholine rings is 1. The van der Waals surface area contributed by atoms with E-state index < -0.39 is 0 Å². The molecule has 0 bridgehead atoms. The van der Waals surface area contributed by atoms with E-state index in [1.807, 2.05) is 17.3 Å². The summed E-state index contributed by atoms with van der Waals surface area (Å²) in [6, 6.07) is 6.95. The first-order valence-electron chi connectivity index (χ1n) is 11.9. The minimum atomic E-state index is 0.00536. The number of nitrogens with zero attached hydrogens (tertiary/aromatic N) is 2. The van der Waals surface area contributed by atoms with Crippen molar-refractivity contribution in [1.29, 1.82) is 0 Å². The number of rotatable bonds is 3. The molecule has 2 N–H and O–H groups in total. The van der Waals surface area contributed by atoms with Crippen LogP contribution in [0.15, 0.2) is 30.6 Å². The summed E-state index contributed by atoms with van der Waals surface area (Å²) < 4.78 is 11.3. The van der Waals surface area contributed by atoms with Crippen molar-refractivity contribution in [3.05, 3.63) is 52.8 Å². The quantitative estimate of drug-likeness (QED) is 0.646. The van der Waals surface area contributed by atoms with Crippen molar-refractivity contribution in [2.75, 3.05) is 39.5 Å². The Bertz CT molecular complexity index is 1190. The third kappa shape index (κ3) is 3.84. The Labute approximate surface area is 193 Å². The van der Waals surface area contributed by atoms with Gasteiger partial charge in [-0.15, -0.1) is 0 Å². The zero-order valence-corrected chi connectivity index (χ0v) is 19.0. The highest BCUT2D eigenvalue weighted by Crippen LogP contribution is 2.35. The number of aromatic nitrogens is 2. The molecule has 0 saturated carbocycles. The average Bonchev–Trinajstić information content (AvgIpc) is 3.53. The van der Waals surface area contributed by atoms with E-state index in [0.717, 1.165) is 54.7 Å². The van der Waals surface area contributed by atoms with E-state index >= 15 is 0 Å². The number of aromatic amines is 1. The molecule has 0 unspecified atom stereocenters. The van der Waals surface area contributed by atoms with E-state index in [1.54, 1.807) is 0 Å². The van der Waals surface area contributed by atoms with E-state index in [1.165, 1.54) is 22.3 Å². The summed E-state index contributed by atoms with van der Waals surface area (Å²) in [6.07, 6.45) is 5.64. The maximum atomic E-state index is 13.1. The van der Waals surface area contributed by atoms with Gasteiger partial charge in [-0.2, -0.15) is 0 Å². The molecule has 6 rings (SSSR count). The molecule has 7 nitrogen and oxygen atoms in total. The minimum absolute atomic E-state index is 0.00536. The van der Waals surface area contributed by atoms with Gasteiger partial charge >= 0.3 is 0 Å². The van der Waals surface area contributed by atoms with E-state index in [9.17, 15) is 4.79 Å². The highest BCUT2D eigenvalue weighted by molar-refractivity contribution is 5.85. The molecule has 0 radical (unpaired) electrons. The molecular formula is C26H30N4O3. The van der Waals surface area contributed by atoms with Gasteiger partial charge in [0, 0.05) is 49.6 Å². The van der Waals surface area contributed by atoms with Crippen molar-refractivity contribution >= 4 is 16.9 Å². The van der Waals surface area contributed by atoms with Crippen LogP contribution in [0, 0.1) is 12.8 Å². The second kappa shape index (κ2) is 8.56. The van der Waals surface area contributed by atoms with Gasteiger partial charge < -0.3 is 24.7 Å². The number of pyridine rings is 1. The lowest BCUT2D eigenvalue weighted by Gasteiger charge is -2.34. The van der Waals surface area contributed by atoms with Crippen molar-refractivity contribution in [3.63, 3.8) is 0 Å². The topological polar surface area (TPSA) is 79.5 Å². The Morgan fingerprint density at radius 1 is 1.15 bits per heavy atom. The van der Waals surface area contributed by atoms with Crippen LogP contribution in [0.2, 0.25) is 0 Å². The van der Waals surface area contributed by atoms with Crippen LogP contribution in [0.5, 0.6) is 0 Å². The number of carbonyl (C=O) groups is 1. The Balaban J connectivity index is 1.40. The van der Waals surface area contributed by atoms with Crippen LogP contribution >= 0.6 is 0 Å². The van der Waals surface area contributed by atoms with Crippen LogP contribution in [0.25, 0.3) is 22.2 Å².